The van der Waals surface area contributed by atoms with Crippen molar-refractivity contribution < 1.29 is 19.7 Å². The number of carbonyl (C=O) groups is 1. The number of allylic oxidation sites excluding steroid dienone is 10. The number of carbonyl (C=O) groups excluding carboxylic acids is 1. The molecule has 2 N–H and O–H groups in total. The highest BCUT2D eigenvalue weighted by atomic mass is 16.5. The summed E-state index contributed by atoms with van der Waals surface area (Å²) in [5.74, 6) is -0.346. The van der Waals surface area contributed by atoms with Gasteiger partial charge >= 0.3 is 5.97 Å². The zero-order valence-corrected chi connectivity index (χ0v) is 17.6. The molecule has 0 radical (unpaired) electrons. The van der Waals surface area contributed by atoms with Crippen LogP contribution >= 0.6 is 0 Å². The van der Waals surface area contributed by atoms with E-state index in [9.17, 15) is 9.90 Å². The molecule has 0 amide bonds. The van der Waals surface area contributed by atoms with Crippen molar-refractivity contribution in [2.24, 2.45) is 0 Å². The van der Waals surface area contributed by atoms with Crippen LogP contribution in [0.5, 0.6) is 0 Å². The second-order valence-electron chi connectivity index (χ2n) is 6.92. The second kappa shape index (κ2) is 18.5. The molecule has 158 valence electrons. The Kier molecular flexibility index (Phi) is 17.2. The van der Waals surface area contributed by atoms with Gasteiger partial charge in [-0.1, -0.05) is 67.7 Å². The summed E-state index contributed by atoms with van der Waals surface area (Å²) in [5, 5.41) is 18.4. The van der Waals surface area contributed by atoms with Gasteiger partial charge in [-0.2, -0.15) is 0 Å². The molecular weight excluding hydrogens is 352 g/mol. The monoisotopic (exact) mass is 390 g/mol. The Morgan fingerprint density at radius 2 is 1.32 bits per heavy atom. The van der Waals surface area contributed by atoms with E-state index >= 15 is 0 Å². The van der Waals surface area contributed by atoms with E-state index < -0.39 is 12.2 Å². The number of hydrogen-bond donors (Lipinski definition) is 2. The molecule has 0 aromatic heterocycles. The number of aliphatic hydroxyl groups is 2. The fraction of sp³-hybridized carbons (Fsp3) is 0.542. The Labute approximate surface area is 171 Å². The van der Waals surface area contributed by atoms with Crippen molar-refractivity contribution >= 4 is 5.97 Å². The van der Waals surface area contributed by atoms with E-state index in [1.807, 2.05) is 0 Å². The molecule has 0 aliphatic heterocycles. The molecule has 0 aliphatic carbocycles. The standard InChI is InChI=1S/C24H38O4/c1-3-4-5-6-7-8-9-10-11-12-13-14-15-16-17-18-19-20-23(26)28-22-24(2,27)21-25/h4-5,7-8,10-11,13-14,16-17,25,27H,3,6,9,12,15,18-22H2,1-2H3/b5-4-,8-7-,11-10-,14-13-,17-16-/t24-/m1/s1. The number of hydrogen-bond acceptors (Lipinski definition) is 4. The Hall–Kier alpha value is -1.91. The van der Waals surface area contributed by atoms with Gasteiger partial charge in [-0.05, 0) is 51.9 Å². The molecule has 0 bridgehead atoms. The molecule has 28 heavy (non-hydrogen) atoms. The van der Waals surface area contributed by atoms with Crippen molar-refractivity contribution in [3.8, 4) is 0 Å². The van der Waals surface area contributed by atoms with Crippen molar-refractivity contribution in [2.75, 3.05) is 13.2 Å². The fourth-order valence-electron chi connectivity index (χ4n) is 2.09. The third-order valence-corrected chi connectivity index (χ3v) is 3.79. The molecule has 4 nitrogen and oxygen atoms in total. The van der Waals surface area contributed by atoms with E-state index in [1.54, 1.807) is 0 Å². The van der Waals surface area contributed by atoms with Crippen LogP contribution in [0.25, 0.3) is 0 Å². The van der Waals surface area contributed by atoms with Gasteiger partial charge in [-0.3, -0.25) is 4.79 Å². The third-order valence-electron chi connectivity index (χ3n) is 3.79. The second-order valence-corrected chi connectivity index (χ2v) is 6.92. The van der Waals surface area contributed by atoms with E-state index in [4.69, 9.17) is 9.84 Å². The van der Waals surface area contributed by atoms with Crippen LogP contribution in [0.15, 0.2) is 60.8 Å². The first-order valence-electron chi connectivity index (χ1n) is 10.3. The minimum Gasteiger partial charge on any atom is -0.463 e. The van der Waals surface area contributed by atoms with Gasteiger partial charge < -0.3 is 14.9 Å². The Morgan fingerprint density at radius 1 is 0.857 bits per heavy atom. The van der Waals surface area contributed by atoms with Crippen LogP contribution in [0.3, 0.4) is 0 Å². The summed E-state index contributed by atoms with van der Waals surface area (Å²) in [4.78, 5) is 11.5. The van der Waals surface area contributed by atoms with Gasteiger partial charge in [0.25, 0.3) is 0 Å². The van der Waals surface area contributed by atoms with Crippen LogP contribution in [-0.2, 0) is 9.53 Å². The number of esters is 1. The molecule has 1 atom stereocenters. The van der Waals surface area contributed by atoms with E-state index in [0.717, 1.165) is 38.5 Å². The lowest BCUT2D eigenvalue weighted by atomic mass is 10.1. The SMILES string of the molecule is CC/C=C\C/C=C\C/C=C\C/C=C\C/C=C\CCCC(=O)OC[C@](C)(O)CO. The van der Waals surface area contributed by atoms with Gasteiger partial charge in [-0.15, -0.1) is 0 Å². The van der Waals surface area contributed by atoms with Crippen molar-refractivity contribution in [3.63, 3.8) is 0 Å². The van der Waals surface area contributed by atoms with Crippen molar-refractivity contribution in [2.45, 2.75) is 70.8 Å². The van der Waals surface area contributed by atoms with Gasteiger partial charge in [0.15, 0.2) is 0 Å². The first-order valence-corrected chi connectivity index (χ1v) is 10.3. The molecule has 0 aromatic carbocycles. The Bertz CT molecular complexity index is 525. The summed E-state index contributed by atoms with van der Waals surface area (Å²) in [6, 6.07) is 0. The maximum atomic E-state index is 11.5. The molecule has 0 saturated heterocycles. The lowest BCUT2D eigenvalue weighted by Gasteiger charge is -2.19. The first-order chi connectivity index (χ1) is 13.5. The van der Waals surface area contributed by atoms with Crippen molar-refractivity contribution in [1.29, 1.82) is 0 Å². The zero-order chi connectivity index (χ0) is 20.9. The Morgan fingerprint density at radius 3 is 1.79 bits per heavy atom. The fourth-order valence-corrected chi connectivity index (χ4v) is 2.09. The van der Waals surface area contributed by atoms with Gasteiger partial charge in [0.2, 0.25) is 0 Å². The highest BCUT2D eigenvalue weighted by molar-refractivity contribution is 5.69. The predicted octanol–water partition coefficient (Wildman–Crippen LogP) is 5.19. The van der Waals surface area contributed by atoms with Crippen molar-refractivity contribution in [1.82, 2.24) is 0 Å². The van der Waals surface area contributed by atoms with E-state index in [1.165, 1.54) is 6.92 Å². The summed E-state index contributed by atoms with van der Waals surface area (Å²) in [7, 11) is 0. The summed E-state index contributed by atoms with van der Waals surface area (Å²) in [6.07, 6.45) is 28.3. The number of rotatable bonds is 16. The van der Waals surface area contributed by atoms with Crippen LogP contribution in [0, 0.1) is 0 Å². The smallest absolute Gasteiger partial charge is 0.305 e. The normalized spacial score (nSPS) is 14.9. The van der Waals surface area contributed by atoms with E-state index in [-0.39, 0.29) is 12.6 Å². The average molecular weight is 391 g/mol. The van der Waals surface area contributed by atoms with E-state index in [2.05, 4.69) is 67.7 Å². The summed E-state index contributed by atoms with van der Waals surface area (Å²) in [5.41, 5.74) is -1.36. The molecule has 0 saturated carbocycles. The molecule has 0 heterocycles. The number of ether oxygens (including phenoxy) is 1. The molecule has 0 unspecified atom stereocenters. The number of aliphatic hydroxyl groups excluding tert-OH is 1. The minimum absolute atomic E-state index is 0.177. The van der Waals surface area contributed by atoms with Gasteiger partial charge in [0.05, 0.1) is 6.61 Å². The highest BCUT2D eigenvalue weighted by Gasteiger charge is 2.21. The van der Waals surface area contributed by atoms with Crippen LogP contribution in [0.2, 0.25) is 0 Å². The first kappa shape index (κ1) is 26.1. The summed E-state index contributed by atoms with van der Waals surface area (Å²) < 4.78 is 4.93. The van der Waals surface area contributed by atoms with Crippen molar-refractivity contribution in [3.05, 3.63) is 60.8 Å². The molecule has 0 aromatic rings. The van der Waals surface area contributed by atoms with Crippen LogP contribution in [-0.4, -0.2) is 35.0 Å². The molecule has 0 rings (SSSR count). The van der Waals surface area contributed by atoms with Gasteiger partial charge in [-0.25, -0.2) is 0 Å². The molecular formula is C24H38O4. The summed E-state index contributed by atoms with van der Waals surface area (Å²) >= 11 is 0. The molecule has 0 spiro atoms. The maximum Gasteiger partial charge on any atom is 0.305 e. The lowest BCUT2D eigenvalue weighted by molar-refractivity contribution is -0.152. The van der Waals surface area contributed by atoms with Gasteiger partial charge in [0.1, 0.15) is 12.2 Å². The molecule has 0 aliphatic rings. The Balaban J connectivity index is 3.60. The number of unbranched alkanes of at least 4 members (excludes halogenated alkanes) is 1. The largest absolute Gasteiger partial charge is 0.463 e. The molecule has 4 heteroatoms. The quantitative estimate of drug-likeness (QED) is 0.216. The van der Waals surface area contributed by atoms with E-state index in [0.29, 0.717) is 12.8 Å². The average Bonchev–Trinajstić information content (AvgIpc) is 2.69. The topological polar surface area (TPSA) is 66.8 Å². The zero-order valence-electron chi connectivity index (χ0n) is 17.6. The highest BCUT2D eigenvalue weighted by Crippen LogP contribution is 2.05. The lowest BCUT2D eigenvalue weighted by Crippen LogP contribution is -2.35. The minimum atomic E-state index is -1.36. The molecule has 0 fully saturated rings. The van der Waals surface area contributed by atoms with Gasteiger partial charge in [0, 0.05) is 6.42 Å². The van der Waals surface area contributed by atoms with Crippen LogP contribution < -0.4 is 0 Å². The van der Waals surface area contributed by atoms with Crippen LogP contribution in [0.1, 0.15) is 65.2 Å². The third kappa shape index (κ3) is 18.9. The predicted molar refractivity (Wildman–Crippen MR) is 117 cm³/mol. The van der Waals surface area contributed by atoms with Crippen LogP contribution in [0.4, 0.5) is 0 Å². The maximum absolute atomic E-state index is 11.5. The summed E-state index contributed by atoms with van der Waals surface area (Å²) in [6.45, 7) is 2.96.